The van der Waals surface area contributed by atoms with E-state index in [9.17, 15) is 18.8 Å². The number of carbonyl (C=O) groups excluding carboxylic acids is 3. The van der Waals surface area contributed by atoms with Crippen molar-refractivity contribution in [1.82, 2.24) is 15.2 Å². The number of halogens is 1. The average Bonchev–Trinajstić information content (AvgIpc) is 2.88. The molecule has 0 spiro atoms. The molecule has 0 aliphatic carbocycles. The van der Waals surface area contributed by atoms with Gasteiger partial charge in [-0.1, -0.05) is 12.1 Å². The first-order chi connectivity index (χ1) is 12.3. The summed E-state index contributed by atoms with van der Waals surface area (Å²) in [4.78, 5) is 41.8. The van der Waals surface area contributed by atoms with Crippen molar-refractivity contribution in [2.24, 2.45) is 0 Å². The number of hydrogen-bond acceptors (Lipinski definition) is 3. The van der Waals surface area contributed by atoms with Gasteiger partial charge < -0.3 is 15.2 Å². The SMILES string of the molecule is CC(=O)c1[nH]c(C)c(C(=O)N2CCNC(=O)[C@H]2c2cccc(F)c2)c1C. The molecule has 7 heteroatoms. The minimum absolute atomic E-state index is 0.164. The Hall–Kier alpha value is -2.96. The highest BCUT2D eigenvalue weighted by molar-refractivity contribution is 6.04. The first-order valence-corrected chi connectivity index (χ1v) is 8.35. The van der Waals surface area contributed by atoms with Gasteiger partial charge in [0.05, 0.1) is 11.3 Å². The molecular formula is C19H20FN3O3. The van der Waals surface area contributed by atoms with Crippen molar-refractivity contribution in [3.63, 3.8) is 0 Å². The summed E-state index contributed by atoms with van der Waals surface area (Å²) in [6.07, 6.45) is 0. The molecular weight excluding hydrogens is 337 g/mol. The number of rotatable bonds is 3. The Kier molecular flexibility index (Phi) is 4.63. The Morgan fingerprint density at radius 1 is 1.27 bits per heavy atom. The van der Waals surface area contributed by atoms with Gasteiger partial charge in [0.1, 0.15) is 11.9 Å². The number of piperazine rings is 1. The quantitative estimate of drug-likeness (QED) is 0.827. The van der Waals surface area contributed by atoms with Crippen LogP contribution in [0.2, 0.25) is 0 Å². The highest BCUT2D eigenvalue weighted by Crippen LogP contribution is 2.28. The van der Waals surface area contributed by atoms with Gasteiger partial charge in [-0.3, -0.25) is 14.4 Å². The second kappa shape index (κ2) is 6.74. The van der Waals surface area contributed by atoms with Crippen molar-refractivity contribution < 1.29 is 18.8 Å². The molecule has 2 N–H and O–H groups in total. The van der Waals surface area contributed by atoms with E-state index in [0.29, 0.717) is 41.2 Å². The number of nitrogens with zero attached hydrogens (tertiary/aromatic N) is 1. The summed E-state index contributed by atoms with van der Waals surface area (Å²) in [7, 11) is 0. The van der Waals surface area contributed by atoms with Gasteiger partial charge in [-0.05, 0) is 37.1 Å². The molecule has 0 saturated carbocycles. The van der Waals surface area contributed by atoms with Crippen molar-refractivity contribution in [3.8, 4) is 0 Å². The summed E-state index contributed by atoms with van der Waals surface area (Å²) in [6.45, 7) is 5.46. The van der Waals surface area contributed by atoms with Crippen LogP contribution in [0, 0.1) is 19.7 Å². The van der Waals surface area contributed by atoms with E-state index in [1.165, 1.54) is 30.0 Å². The third kappa shape index (κ3) is 3.00. The molecule has 1 atom stereocenters. The maximum Gasteiger partial charge on any atom is 0.256 e. The van der Waals surface area contributed by atoms with Crippen LogP contribution in [0.5, 0.6) is 0 Å². The molecule has 2 heterocycles. The van der Waals surface area contributed by atoms with Crippen LogP contribution in [0.15, 0.2) is 24.3 Å². The maximum absolute atomic E-state index is 13.6. The number of aromatic nitrogens is 1. The topological polar surface area (TPSA) is 82.3 Å². The first kappa shape index (κ1) is 17.8. The second-order valence-corrected chi connectivity index (χ2v) is 6.43. The third-order valence-electron chi connectivity index (χ3n) is 4.64. The van der Waals surface area contributed by atoms with E-state index in [2.05, 4.69) is 10.3 Å². The van der Waals surface area contributed by atoms with Crippen molar-refractivity contribution in [3.05, 3.63) is 58.2 Å². The van der Waals surface area contributed by atoms with Crippen molar-refractivity contribution in [2.45, 2.75) is 26.8 Å². The predicted octanol–water partition coefficient (Wildman–Crippen LogP) is 2.29. The molecule has 1 aromatic heterocycles. The number of benzene rings is 1. The Morgan fingerprint density at radius 3 is 2.62 bits per heavy atom. The van der Waals surface area contributed by atoms with Gasteiger partial charge in [0.25, 0.3) is 5.91 Å². The van der Waals surface area contributed by atoms with Crippen molar-refractivity contribution in [2.75, 3.05) is 13.1 Å². The number of carbonyl (C=O) groups is 3. The standard InChI is InChI=1S/C19H20FN3O3/c1-10-15(11(2)22-16(10)12(3)24)19(26)23-8-7-21-18(25)17(23)13-5-4-6-14(20)9-13/h4-6,9,17,22H,7-8H2,1-3H3,(H,21,25)/t17-/m1/s1. The predicted molar refractivity (Wildman–Crippen MR) is 93.5 cm³/mol. The number of aryl methyl sites for hydroxylation is 1. The van der Waals surface area contributed by atoms with Crippen LogP contribution < -0.4 is 5.32 Å². The van der Waals surface area contributed by atoms with Crippen molar-refractivity contribution in [1.29, 1.82) is 0 Å². The van der Waals surface area contributed by atoms with Gasteiger partial charge in [-0.2, -0.15) is 0 Å². The summed E-state index contributed by atoms with van der Waals surface area (Å²) in [5, 5.41) is 2.72. The summed E-state index contributed by atoms with van der Waals surface area (Å²) in [6, 6.07) is 4.76. The zero-order valence-corrected chi connectivity index (χ0v) is 14.9. The zero-order valence-electron chi connectivity index (χ0n) is 14.9. The minimum atomic E-state index is -0.915. The fraction of sp³-hybridized carbons (Fsp3) is 0.316. The van der Waals surface area contributed by atoms with E-state index < -0.39 is 11.9 Å². The largest absolute Gasteiger partial charge is 0.355 e. The molecule has 1 aliphatic rings. The minimum Gasteiger partial charge on any atom is -0.355 e. The van der Waals surface area contributed by atoms with Gasteiger partial charge in [0, 0.05) is 25.7 Å². The van der Waals surface area contributed by atoms with Crippen LogP contribution in [0.4, 0.5) is 4.39 Å². The van der Waals surface area contributed by atoms with E-state index in [1.54, 1.807) is 19.9 Å². The molecule has 0 bridgehead atoms. The Labute approximate surface area is 150 Å². The molecule has 1 aliphatic heterocycles. The Morgan fingerprint density at radius 2 is 2.00 bits per heavy atom. The van der Waals surface area contributed by atoms with Crippen LogP contribution in [0.3, 0.4) is 0 Å². The number of H-pyrrole nitrogens is 1. The highest BCUT2D eigenvalue weighted by Gasteiger charge is 2.36. The fourth-order valence-electron chi connectivity index (χ4n) is 3.46. The van der Waals surface area contributed by atoms with E-state index >= 15 is 0 Å². The van der Waals surface area contributed by atoms with E-state index in [4.69, 9.17) is 0 Å². The van der Waals surface area contributed by atoms with Crippen LogP contribution in [0.1, 0.15) is 50.6 Å². The lowest BCUT2D eigenvalue weighted by Crippen LogP contribution is -2.52. The lowest BCUT2D eigenvalue weighted by molar-refractivity contribution is -0.128. The van der Waals surface area contributed by atoms with E-state index in [-0.39, 0.29) is 17.6 Å². The van der Waals surface area contributed by atoms with Gasteiger partial charge in [0.2, 0.25) is 5.91 Å². The van der Waals surface area contributed by atoms with Crippen LogP contribution in [0.25, 0.3) is 0 Å². The normalized spacial score (nSPS) is 17.2. The summed E-state index contributed by atoms with van der Waals surface area (Å²) < 4.78 is 13.6. The highest BCUT2D eigenvalue weighted by atomic mass is 19.1. The lowest BCUT2D eigenvalue weighted by Gasteiger charge is -2.35. The number of ketones is 1. The first-order valence-electron chi connectivity index (χ1n) is 8.35. The smallest absolute Gasteiger partial charge is 0.256 e. The summed E-state index contributed by atoms with van der Waals surface area (Å²) >= 11 is 0. The third-order valence-corrected chi connectivity index (χ3v) is 4.64. The van der Waals surface area contributed by atoms with Gasteiger partial charge >= 0.3 is 0 Å². The number of amides is 2. The van der Waals surface area contributed by atoms with Gasteiger partial charge in [-0.15, -0.1) is 0 Å². The maximum atomic E-state index is 13.6. The van der Waals surface area contributed by atoms with Crippen LogP contribution in [-0.2, 0) is 4.79 Å². The molecule has 1 fully saturated rings. The Balaban J connectivity index is 2.04. The molecule has 6 nitrogen and oxygen atoms in total. The molecule has 2 aromatic rings. The molecule has 1 saturated heterocycles. The number of aromatic amines is 1. The van der Waals surface area contributed by atoms with Gasteiger partial charge in [0.15, 0.2) is 5.78 Å². The molecule has 1 aromatic carbocycles. The second-order valence-electron chi connectivity index (χ2n) is 6.43. The monoisotopic (exact) mass is 357 g/mol. The zero-order chi connectivity index (χ0) is 19.0. The average molecular weight is 357 g/mol. The van der Waals surface area contributed by atoms with Crippen LogP contribution >= 0.6 is 0 Å². The van der Waals surface area contributed by atoms with Gasteiger partial charge in [-0.25, -0.2) is 4.39 Å². The summed E-state index contributed by atoms with van der Waals surface area (Å²) in [5.41, 5.74) is 2.31. The van der Waals surface area contributed by atoms with Crippen LogP contribution in [-0.4, -0.2) is 40.6 Å². The Bertz CT molecular complexity index is 903. The number of Topliss-reactive ketones (excluding diaryl/α,β-unsaturated/α-hetero) is 1. The molecule has 3 rings (SSSR count). The molecule has 2 amide bonds. The molecule has 0 radical (unpaired) electrons. The number of nitrogens with one attached hydrogen (secondary N) is 2. The molecule has 26 heavy (non-hydrogen) atoms. The molecule has 0 unspecified atom stereocenters. The lowest BCUT2D eigenvalue weighted by atomic mass is 9.99. The van der Waals surface area contributed by atoms with E-state index in [0.717, 1.165) is 0 Å². The fourth-order valence-corrected chi connectivity index (χ4v) is 3.46. The van der Waals surface area contributed by atoms with E-state index in [1.807, 2.05) is 0 Å². The van der Waals surface area contributed by atoms with Crippen molar-refractivity contribution >= 4 is 17.6 Å². The number of hydrogen-bond donors (Lipinski definition) is 2. The molecule has 136 valence electrons. The summed E-state index contributed by atoms with van der Waals surface area (Å²) in [5.74, 6) is -1.34.